The second kappa shape index (κ2) is 59.7. The van der Waals surface area contributed by atoms with Gasteiger partial charge >= 0.3 is 17.9 Å². The molecule has 6 nitrogen and oxygen atoms in total. The molecule has 0 aliphatic heterocycles. The maximum Gasteiger partial charge on any atom is 0.306 e. The smallest absolute Gasteiger partial charge is 0.306 e. The molecule has 71 heavy (non-hydrogen) atoms. The molecule has 0 heterocycles. The number of rotatable bonds is 56. The van der Waals surface area contributed by atoms with Gasteiger partial charge in [-0.2, -0.15) is 0 Å². The highest BCUT2D eigenvalue weighted by atomic mass is 16.6. The first-order valence-corrected chi connectivity index (χ1v) is 30.8. The van der Waals surface area contributed by atoms with Crippen molar-refractivity contribution in [1.29, 1.82) is 0 Å². The van der Waals surface area contributed by atoms with E-state index in [9.17, 15) is 14.4 Å². The van der Waals surface area contributed by atoms with Gasteiger partial charge in [-0.3, -0.25) is 14.4 Å². The Morgan fingerprint density at radius 1 is 0.282 bits per heavy atom. The normalized spacial score (nSPS) is 12.4. The SMILES string of the molecule is CCCCCCC/C=C\C/C=C\C/C=C\CCCCCCCCCCC(=O)OCC(COC(=O)CCCCCCCCC)OC(=O)CCCCCCCCCCCCC/C=C\C/C=C\CCCCCCC. The van der Waals surface area contributed by atoms with Crippen molar-refractivity contribution < 1.29 is 28.6 Å². The van der Waals surface area contributed by atoms with E-state index in [0.717, 1.165) is 83.5 Å². The van der Waals surface area contributed by atoms with E-state index in [2.05, 4.69) is 81.5 Å². The molecule has 0 N–H and O–H groups in total. The van der Waals surface area contributed by atoms with Gasteiger partial charge in [0, 0.05) is 19.3 Å². The van der Waals surface area contributed by atoms with E-state index >= 15 is 0 Å². The van der Waals surface area contributed by atoms with E-state index in [4.69, 9.17) is 14.2 Å². The van der Waals surface area contributed by atoms with Crippen LogP contribution in [0.1, 0.15) is 316 Å². The summed E-state index contributed by atoms with van der Waals surface area (Å²) in [5, 5.41) is 0. The molecule has 0 bridgehead atoms. The molecule has 0 aliphatic rings. The number of esters is 3. The minimum atomic E-state index is -0.776. The second-order valence-electron chi connectivity index (χ2n) is 20.6. The third-order valence-electron chi connectivity index (χ3n) is 13.5. The third-order valence-corrected chi connectivity index (χ3v) is 13.5. The van der Waals surface area contributed by atoms with Gasteiger partial charge in [0.05, 0.1) is 0 Å². The Balaban J connectivity index is 4.17. The van der Waals surface area contributed by atoms with E-state index in [1.807, 2.05) is 0 Å². The molecule has 0 amide bonds. The van der Waals surface area contributed by atoms with Gasteiger partial charge < -0.3 is 14.2 Å². The van der Waals surface area contributed by atoms with Crippen LogP contribution in [0.3, 0.4) is 0 Å². The lowest BCUT2D eigenvalue weighted by Gasteiger charge is -2.18. The van der Waals surface area contributed by atoms with Crippen LogP contribution in [0.4, 0.5) is 0 Å². The molecule has 0 saturated heterocycles. The van der Waals surface area contributed by atoms with E-state index in [0.29, 0.717) is 19.3 Å². The Morgan fingerprint density at radius 3 is 0.789 bits per heavy atom. The molecule has 0 aromatic rings. The van der Waals surface area contributed by atoms with Crippen LogP contribution in [0.25, 0.3) is 0 Å². The molecule has 0 rings (SSSR count). The van der Waals surface area contributed by atoms with E-state index in [-0.39, 0.29) is 31.1 Å². The zero-order valence-corrected chi connectivity index (χ0v) is 47.2. The maximum atomic E-state index is 12.8. The van der Waals surface area contributed by atoms with Crippen LogP contribution in [-0.4, -0.2) is 37.2 Å². The summed E-state index contributed by atoms with van der Waals surface area (Å²) in [6.45, 7) is 6.60. The standard InChI is InChI=1S/C65H116O6/c1-4-7-10-13-16-18-20-22-24-26-28-30-32-34-36-38-40-42-44-46-49-52-55-58-64(67)70-61-62(60-69-63(66)57-54-51-48-15-12-9-6-3)71-65(68)59-56-53-50-47-45-43-41-39-37-35-33-31-29-27-25-23-21-19-17-14-11-8-5-2/h20-23,26-29,32,34,62H,4-19,24-25,30-31,33,35-61H2,1-3H3/b22-20-,23-21-,28-26-,29-27-,34-32-. The Bertz CT molecular complexity index is 1280. The van der Waals surface area contributed by atoms with Gasteiger partial charge in [-0.15, -0.1) is 0 Å². The largest absolute Gasteiger partial charge is 0.462 e. The molecule has 0 aromatic carbocycles. The fourth-order valence-electron chi connectivity index (χ4n) is 8.83. The van der Waals surface area contributed by atoms with Crippen LogP contribution >= 0.6 is 0 Å². The van der Waals surface area contributed by atoms with Crippen LogP contribution in [0.5, 0.6) is 0 Å². The van der Waals surface area contributed by atoms with Crippen LogP contribution in [-0.2, 0) is 28.6 Å². The van der Waals surface area contributed by atoms with Crippen molar-refractivity contribution in [3.63, 3.8) is 0 Å². The Labute approximate surface area is 440 Å². The number of hydrogen-bond donors (Lipinski definition) is 0. The zero-order chi connectivity index (χ0) is 51.4. The van der Waals surface area contributed by atoms with Crippen molar-refractivity contribution in [3.8, 4) is 0 Å². The molecular weight excluding hydrogens is 877 g/mol. The van der Waals surface area contributed by atoms with Gasteiger partial charge in [-0.1, -0.05) is 268 Å². The minimum absolute atomic E-state index is 0.0757. The van der Waals surface area contributed by atoms with Crippen LogP contribution in [0, 0.1) is 0 Å². The molecule has 0 aromatic heterocycles. The van der Waals surface area contributed by atoms with Gasteiger partial charge in [-0.05, 0) is 89.9 Å². The molecule has 1 unspecified atom stereocenters. The topological polar surface area (TPSA) is 78.9 Å². The van der Waals surface area contributed by atoms with Gasteiger partial charge in [0.1, 0.15) is 13.2 Å². The average molecular weight is 994 g/mol. The Hall–Kier alpha value is -2.89. The fraction of sp³-hybridized carbons (Fsp3) is 0.800. The molecule has 0 aliphatic carbocycles. The number of carbonyl (C=O) groups excluding carboxylic acids is 3. The molecular formula is C65H116O6. The molecule has 412 valence electrons. The first kappa shape index (κ1) is 68.1. The summed E-state index contributed by atoms with van der Waals surface area (Å²) in [4.78, 5) is 38.0. The number of carbonyl (C=O) groups is 3. The van der Waals surface area contributed by atoms with Gasteiger partial charge in [0.2, 0.25) is 0 Å². The van der Waals surface area contributed by atoms with E-state index in [1.54, 1.807) is 0 Å². The second-order valence-corrected chi connectivity index (χ2v) is 20.6. The van der Waals surface area contributed by atoms with Gasteiger partial charge in [0.15, 0.2) is 6.10 Å². The predicted molar refractivity (Wildman–Crippen MR) is 307 cm³/mol. The van der Waals surface area contributed by atoms with Crippen molar-refractivity contribution in [1.82, 2.24) is 0 Å². The van der Waals surface area contributed by atoms with Crippen LogP contribution < -0.4 is 0 Å². The average Bonchev–Trinajstić information content (AvgIpc) is 3.37. The highest BCUT2D eigenvalue weighted by molar-refractivity contribution is 5.71. The Morgan fingerprint density at radius 2 is 0.507 bits per heavy atom. The van der Waals surface area contributed by atoms with E-state index in [1.165, 1.54) is 193 Å². The van der Waals surface area contributed by atoms with Crippen molar-refractivity contribution >= 4 is 17.9 Å². The summed E-state index contributed by atoms with van der Waals surface area (Å²) in [6.07, 6.45) is 75.3. The molecule has 1 atom stereocenters. The van der Waals surface area contributed by atoms with Crippen molar-refractivity contribution in [2.75, 3.05) is 13.2 Å². The summed E-state index contributed by atoms with van der Waals surface area (Å²) in [7, 11) is 0. The molecule has 0 saturated carbocycles. The highest BCUT2D eigenvalue weighted by Gasteiger charge is 2.19. The quantitative estimate of drug-likeness (QED) is 0.0261. The molecule has 6 heteroatoms. The van der Waals surface area contributed by atoms with Gasteiger partial charge in [-0.25, -0.2) is 0 Å². The Kier molecular flexibility index (Phi) is 57.2. The minimum Gasteiger partial charge on any atom is -0.462 e. The first-order chi connectivity index (χ1) is 35.0. The molecule has 0 fully saturated rings. The number of hydrogen-bond acceptors (Lipinski definition) is 6. The number of unbranched alkanes of at least 4 members (excludes halogenated alkanes) is 35. The predicted octanol–water partition coefficient (Wildman–Crippen LogP) is 20.8. The lowest BCUT2D eigenvalue weighted by atomic mass is 10.0. The lowest BCUT2D eigenvalue weighted by molar-refractivity contribution is -0.167. The summed E-state index contributed by atoms with van der Waals surface area (Å²) in [5.74, 6) is -0.879. The molecule has 0 spiro atoms. The van der Waals surface area contributed by atoms with Crippen molar-refractivity contribution in [3.05, 3.63) is 60.8 Å². The zero-order valence-electron chi connectivity index (χ0n) is 47.2. The van der Waals surface area contributed by atoms with Crippen LogP contribution in [0.2, 0.25) is 0 Å². The summed E-state index contributed by atoms with van der Waals surface area (Å²) in [6, 6.07) is 0. The number of allylic oxidation sites excluding steroid dienone is 10. The highest BCUT2D eigenvalue weighted by Crippen LogP contribution is 2.16. The van der Waals surface area contributed by atoms with Crippen LogP contribution in [0.15, 0.2) is 60.8 Å². The fourth-order valence-corrected chi connectivity index (χ4v) is 8.83. The lowest BCUT2D eigenvalue weighted by Crippen LogP contribution is -2.30. The first-order valence-electron chi connectivity index (χ1n) is 30.8. The number of ether oxygens (including phenoxy) is 3. The monoisotopic (exact) mass is 993 g/mol. The summed E-state index contributed by atoms with van der Waals surface area (Å²) < 4.78 is 16.8. The molecule has 0 radical (unpaired) electrons. The maximum absolute atomic E-state index is 12.8. The van der Waals surface area contributed by atoms with E-state index < -0.39 is 6.10 Å². The third kappa shape index (κ3) is 57.9. The summed E-state index contributed by atoms with van der Waals surface area (Å²) >= 11 is 0. The van der Waals surface area contributed by atoms with Crippen molar-refractivity contribution in [2.24, 2.45) is 0 Å². The van der Waals surface area contributed by atoms with Crippen molar-refractivity contribution in [2.45, 2.75) is 322 Å². The summed E-state index contributed by atoms with van der Waals surface area (Å²) in [5.41, 5.74) is 0. The van der Waals surface area contributed by atoms with Gasteiger partial charge in [0.25, 0.3) is 0 Å².